The van der Waals surface area contributed by atoms with Gasteiger partial charge in [-0.2, -0.15) is 0 Å². The Morgan fingerprint density at radius 3 is 2.48 bits per heavy atom. The van der Waals surface area contributed by atoms with Crippen molar-refractivity contribution in [3.8, 4) is 5.88 Å². The van der Waals surface area contributed by atoms with E-state index >= 15 is 0 Å². The van der Waals surface area contributed by atoms with Crippen LogP contribution in [0.1, 0.15) is 10.4 Å². The van der Waals surface area contributed by atoms with Gasteiger partial charge in [-0.25, -0.2) is 18.4 Å². The number of sulfonamides is 1. The molecular formula is C19H16BrN5O4S2. The number of anilines is 2. The summed E-state index contributed by atoms with van der Waals surface area (Å²) in [5.41, 5.74) is 0.931. The van der Waals surface area contributed by atoms with E-state index < -0.39 is 10.0 Å². The number of aromatic nitrogens is 2. The molecule has 9 nitrogen and oxygen atoms in total. The van der Waals surface area contributed by atoms with Crippen LogP contribution in [-0.4, -0.2) is 36.5 Å². The summed E-state index contributed by atoms with van der Waals surface area (Å²) in [6, 6.07) is 14.1. The Balaban J connectivity index is 1.64. The van der Waals surface area contributed by atoms with Crippen molar-refractivity contribution in [3.63, 3.8) is 0 Å². The standard InChI is InChI=1S/C19H16BrN5O4S2/c1-29-17-10-16(21-11-22-17)25-31(27,28)13-8-6-12(7-9-13)23-19(30)24-18(26)14-4-2-3-5-15(14)20/h2-11H,1H3,(H,21,22,25)(H2,23,24,26,30). The predicted octanol–water partition coefficient (Wildman–Crippen LogP) is 3.18. The number of thiocarbonyl (C=S) groups is 1. The molecule has 0 fully saturated rings. The normalized spacial score (nSPS) is 10.8. The van der Waals surface area contributed by atoms with Crippen molar-refractivity contribution in [2.24, 2.45) is 0 Å². The molecule has 1 heterocycles. The zero-order valence-corrected chi connectivity index (χ0v) is 19.2. The number of benzene rings is 2. The molecule has 0 radical (unpaired) electrons. The smallest absolute Gasteiger partial charge is 0.263 e. The third-order valence-corrected chi connectivity index (χ3v) is 6.12. The number of rotatable bonds is 6. The van der Waals surface area contributed by atoms with Gasteiger partial charge in [-0.1, -0.05) is 12.1 Å². The molecule has 3 aromatic rings. The van der Waals surface area contributed by atoms with E-state index in [0.29, 0.717) is 15.7 Å². The average Bonchev–Trinajstić information content (AvgIpc) is 2.74. The lowest BCUT2D eigenvalue weighted by molar-refractivity contribution is 0.0977. The van der Waals surface area contributed by atoms with Crippen LogP contribution in [0.25, 0.3) is 0 Å². The molecule has 1 amide bonds. The summed E-state index contributed by atoms with van der Waals surface area (Å²) in [7, 11) is -2.46. The van der Waals surface area contributed by atoms with Gasteiger partial charge in [0.15, 0.2) is 5.11 Å². The third kappa shape index (κ3) is 5.96. The summed E-state index contributed by atoms with van der Waals surface area (Å²) < 4.78 is 33.0. The molecule has 0 bridgehead atoms. The van der Waals surface area contributed by atoms with Crippen molar-refractivity contribution in [3.05, 3.63) is 71.0 Å². The Bertz CT molecular complexity index is 1220. The minimum absolute atomic E-state index is 0.0128. The van der Waals surface area contributed by atoms with E-state index in [-0.39, 0.29) is 27.6 Å². The van der Waals surface area contributed by atoms with Gasteiger partial charge in [0.25, 0.3) is 15.9 Å². The molecule has 1 aromatic heterocycles. The molecule has 12 heteroatoms. The second kappa shape index (κ2) is 9.81. The van der Waals surface area contributed by atoms with E-state index in [1.165, 1.54) is 43.8 Å². The van der Waals surface area contributed by atoms with Gasteiger partial charge in [-0.15, -0.1) is 0 Å². The number of ether oxygens (including phenoxy) is 1. The summed E-state index contributed by atoms with van der Waals surface area (Å²) in [6.07, 6.45) is 1.19. The second-order valence-electron chi connectivity index (χ2n) is 5.96. The Kier molecular flexibility index (Phi) is 7.15. The number of carbonyl (C=O) groups excluding carboxylic acids is 1. The maximum absolute atomic E-state index is 12.5. The molecule has 0 saturated heterocycles. The van der Waals surface area contributed by atoms with Gasteiger partial charge < -0.3 is 10.1 Å². The van der Waals surface area contributed by atoms with Crippen molar-refractivity contribution in [1.82, 2.24) is 15.3 Å². The highest BCUT2D eigenvalue weighted by atomic mass is 79.9. The lowest BCUT2D eigenvalue weighted by Crippen LogP contribution is -2.34. The van der Waals surface area contributed by atoms with Gasteiger partial charge in [0, 0.05) is 16.2 Å². The summed E-state index contributed by atoms with van der Waals surface area (Å²) in [5, 5.41) is 5.48. The van der Waals surface area contributed by atoms with Gasteiger partial charge in [0.1, 0.15) is 12.1 Å². The predicted molar refractivity (Wildman–Crippen MR) is 124 cm³/mol. The lowest BCUT2D eigenvalue weighted by Gasteiger charge is -2.11. The van der Waals surface area contributed by atoms with Crippen LogP contribution in [0.2, 0.25) is 0 Å². The number of carbonyl (C=O) groups is 1. The first-order chi connectivity index (χ1) is 14.8. The van der Waals surface area contributed by atoms with Crippen LogP contribution >= 0.6 is 28.1 Å². The highest BCUT2D eigenvalue weighted by Gasteiger charge is 2.16. The molecule has 2 aromatic carbocycles. The number of nitrogens with zero attached hydrogens (tertiary/aromatic N) is 2. The average molecular weight is 522 g/mol. The quantitative estimate of drug-likeness (QED) is 0.422. The van der Waals surface area contributed by atoms with Crippen molar-refractivity contribution in [2.75, 3.05) is 17.1 Å². The summed E-state index contributed by atoms with van der Waals surface area (Å²) in [5.74, 6) is -0.0796. The minimum Gasteiger partial charge on any atom is -0.481 e. The molecule has 0 aliphatic carbocycles. The van der Waals surface area contributed by atoms with Gasteiger partial charge in [0.2, 0.25) is 5.88 Å². The molecule has 0 spiro atoms. The number of halogens is 1. The Hall–Kier alpha value is -3.09. The van der Waals surface area contributed by atoms with Crippen LogP contribution in [0.5, 0.6) is 5.88 Å². The highest BCUT2D eigenvalue weighted by molar-refractivity contribution is 9.10. The van der Waals surface area contributed by atoms with Crippen molar-refractivity contribution < 1.29 is 17.9 Å². The topological polar surface area (TPSA) is 122 Å². The number of nitrogens with one attached hydrogen (secondary N) is 3. The Morgan fingerprint density at radius 1 is 1.10 bits per heavy atom. The summed E-state index contributed by atoms with van der Waals surface area (Å²) in [4.78, 5) is 20.0. The summed E-state index contributed by atoms with van der Waals surface area (Å²) in [6.45, 7) is 0. The maximum atomic E-state index is 12.5. The molecule has 0 atom stereocenters. The molecule has 31 heavy (non-hydrogen) atoms. The van der Waals surface area contributed by atoms with E-state index in [1.54, 1.807) is 24.3 Å². The zero-order chi connectivity index (χ0) is 22.4. The molecule has 3 rings (SSSR count). The van der Waals surface area contributed by atoms with E-state index in [9.17, 15) is 13.2 Å². The Labute approximate surface area is 192 Å². The SMILES string of the molecule is COc1cc(NS(=O)(=O)c2ccc(NC(=S)NC(=O)c3ccccc3Br)cc2)ncn1. The summed E-state index contributed by atoms with van der Waals surface area (Å²) >= 11 is 8.47. The fraction of sp³-hybridized carbons (Fsp3) is 0.0526. The van der Waals surface area contributed by atoms with Crippen LogP contribution in [0.15, 0.2) is 70.3 Å². The number of hydrogen-bond acceptors (Lipinski definition) is 7. The van der Waals surface area contributed by atoms with Crippen LogP contribution in [-0.2, 0) is 10.0 Å². The lowest BCUT2D eigenvalue weighted by atomic mass is 10.2. The number of methoxy groups -OCH3 is 1. The van der Waals surface area contributed by atoms with Crippen molar-refractivity contribution in [2.45, 2.75) is 4.90 Å². The second-order valence-corrected chi connectivity index (χ2v) is 8.91. The zero-order valence-electron chi connectivity index (χ0n) is 16.0. The molecule has 0 aliphatic heterocycles. The molecule has 0 unspecified atom stereocenters. The number of hydrogen-bond donors (Lipinski definition) is 3. The first-order valence-electron chi connectivity index (χ1n) is 8.64. The minimum atomic E-state index is -3.87. The van der Waals surface area contributed by atoms with E-state index in [4.69, 9.17) is 17.0 Å². The molecule has 3 N–H and O–H groups in total. The molecule has 160 valence electrons. The van der Waals surface area contributed by atoms with Crippen LogP contribution in [0, 0.1) is 0 Å². The van der Waals surface area contributed by atoms with Crippen molar-refractivity contribution in [1.29, 1.82) is 0 Å². The maximum Gasteiger partial charge on any atom is 0.263 e. The monoisotopic (exact) mass is 521 g/mol. The fourth-order valence-electron chi connectivity index (χ4n) is 2.40. The van der Waals surface area contributed by atoms with Gasteiger partial charge in [-0.3, -0.25) is 14.8 Å². The van der Waals surface area contributed by atoms with Crippen LogP contribution in [0.3, 0.4) is 0 Å². The molecule has 0 saturated carbocycles. The van der Waals surface area contributed by atoms with Gasteiger partial charge in [0.05, 0.1) is 17.6 Å². The Morgan fingerprint density at radius 2 is 1.81 bits per heavy atom. The molecule has 0 aliphatic rings. The number of amides is 1. The molecular weight excluding hydrogens is 506 g/mol. The van der Waals surface area contributed by atoms with Crippen LogP contribution < -0.4 is 20.1 Å². The van der Waals surface area contributed by atoms with Gasteiger partial charge >= 0.3 is 0 Å². The first kappa shape index (κ1) is 22.6. The van der Waals surface area contributed by atoms with E-state index in [1.807, 2.05) is 0 Å². The highest BCUT2D eigenvalue weighted by Crippen LogP contribution is 2.19. The van der Waals surface area contributed by atoms with Gasteiger partial charge in [-0.05, 0) is 64.5 Å². The first-order valence-corrected chi connectivity index (χ1v) is 11.3. The largest absolute Gasteiger partial charge is 0.481 e. The fourth-order valence-corrected chi connectivity index (χ4v) is 4.07. The third-order valence-electron chi connectivity index (χ3n) is 3.86. The van der Waals surface area contributed by atoms with Crippen molar-refractivity contribution >= 4 is 60.7 Å². The van der Waals surface area contributed by atoms with E-state index in [0.717, 1.165) is 0 Å². The van der Waals surface area contributed by atoms with E-state index in [2.05, 4.69) is 41.3 Å². The van der Waals surface area contributed by atoms with Crippen LogP contribution in [0.4, 0.5) is 11.5 Å².